The Balaban J connectivity index is 2.86. The molecule has 0 spiro atoms. The van der Waals surface area contributed by atoms with E-state index >= 15 is 0 Å². The van der Waals surface area contributed by atoms with Crippen LogP contribution in [0, 0.1) is 16.0 Å². The number of ether oxygens (including phenoxy) is 1. The second-order valence-corrected chi connectivity index (χ2v) is 5.54. The molecular weight excluding hydrogens is 266 g/mol. The molecule has 0 aliphatic rings. The summed E-state index contributed by atoms with van der Waals surface area (Å²) in [4.78, 5) is 10.4. The van der Waals surface area contributed by atoms with Gasteiger partial charge in [-0.25, -0.2) is 0 Å². The lowest BCUT2D eigenvalue weighted by Crippen LogP contribution is -2.07. The first-order valence-corrected chi connectivity index (χ1v) is 6.91. The van der Waals surface area contributed by atoms with E-state index in [2.05, 4.69) is 13.8 Å². The fraction of sp³-hybridized carbons (Fsp3) is 0.571. The van der Waals surface area contributed by atoms with Crippen molar-refractivity contribution in [2.24, 2.45) is 5.92 Å². The van der Waals surface area contributed by atoms with Crippen molar-refractivity contribution in [3.63, 3.8) is 0 Å². The highest BCUT2D eigenvalue weighted by Gasteiger charge is 2.16. The Hall–Kier alpha value is -1.29. The quantitative estimate of drug-likeness (QED) is 0.429. The van der Waals surface area contributed by atoms with Gasteiger partial charge in [0.15, 0.2) is 5.75 Å². The van der Waals surface area contributed by atoms with Gasteiger partial charge in [0.05, 0.1) is 11.5 Å². The van der Waals surface area contributed by atoms with Crippen molar-refractivity contribution in [1.29, 1.82) is 0 Å². The lowest BCUT2D eigenvalue weighted by molar-refractivity contribution is -0.385. The third-order valence-corrected chi connectivity index (χ3v) is 3.04. The number of nitro groups is 1. The monoisotopic (exact) mass is 285 g/mol. The highest BCUT2D eigenvalue weighted by atomic mass is 35.5. The van der Waals surface area contributed by atoms with E-state index in [0.717, 1.165) is 12.0 Å². The number of nitrogens with zero attached hydrogens (tertiary/aromatic N) is 1. The lowest BCUT2D eigenvalue weighted by Gasteiger charge is -2.13. The molecule has 19 heavy (non-hydrogen) atoms. The molecule has 1 aromatic carbocycles. The van der Waals surface area contributed by atoms with E-state index in [0.29, 0.717) is 24.7 Å². The Bertz CT molecular complexity index is 435. The zero-order chi connectivity index (χ0) is 14.4. The number of hydrogen-bond donors (Lipinski definition) is 0. The second-order valence-electron chi connectivity index (χ2n) is 4.92. The van der Waals surface area contributed by atoms with E-state index in [9.17, 15) is 10.1 Å². The molecule has 5 heteroatoms. The second kappa shape index (κ2) is 7.34. The van der Waals surface area contributed by atoms with Crippen LogP contribution in [-0.4, -0.2) is 16.9 Å². The van der Waals surface area contributed by atoms with E-state index in [1.807, 2.05) is 0 Å². The Morgan fingerprint density at radius 3 is 2.63 bits per heavy atom. The summed E-state index contributed by atoms with van der Waals surface area (Å²) in [7, 11) is 0. The zero-order valence-corrected chi connectivity index (χ0v) is 12.3. The van der Waals surface area contributed by atoms with Gasteiger partial charge in [-0.05, 0) is 37.3 Å². The molecule has 0 N–H and O–H groups in total. The smallest absolute Gasteiger partial charge is 0.310 e. The van der Waals surface area contributed by atoms with E-state index in [1.165, 1.54) is 6.07 Å². The summed E-state index contributed by atoms with van der Waals surface area (Å²) < 4.78 is 5.32. The molecule has 0 amide bonds. The molecule has 0 bridgehead atoms. The Morgan fingerprint density at radius 2 is 2.11 bits per heavy atom. The third-order valence-electron chi connectivity index (χ3n) is 2.71. The van der Waals surface area contributed by atoms with Gasteiger partial charge in [-0.15, -0.1) is 11.6 Å². The number of halogens is 1. The van der Waals surface area contributed by atoms with Gasteiger partial charge in [0, 0.05) is 11.4 Å². The topological polar surface area (TPSA) is 52.4 Å². The number of hydrogen-bond acceptors (Lipinski definition) is 3. The van der Waals surface area contributed by atoms with Crippen molar-refractivity contribution in [2.75, 3.05) is 6.61 Å². The molecule has 0 saturated carbocycles. The minimum atomic E-state index is -0.429. The summed E-state index contributed by atoms with van der Waals surface area (Å²) in [6, 6.07) is 4.95. The van der Waals surface area contributed by atoms with Crippen LogP contribution in [0.1, 0.15) is 32.8 Å². The van der Waals surface area contributed by atoms with Crippen molar-refractivity contribution in [2.45, 2.75) is 39.0 Å². The van der Waals surface area contributed by atoms with Gasteiger partial charge >= 0.3 is 5.69 Å². The highest BCUT2D eigenvalue weighted by Crippen LogP contribution is 2.29. The first-order chi connectivity index (χ1) is 8.93. The molecular formula is C14H20ClNO3. The summed E-state index contributed by atoms with van der Waals surface area (Å²) >= 11 is 6.27. The van der Waals surface area contributed by atoms with Gasteiger partial charge in [0.2, 0.25) is 0 Å². The van der Waals surface area contributed by atoms with Crippen LogP contribution < -0.4 is 4.74 Å². The Morgan fingerprint density at radius 1 is 1.42 bits per heavy atom. The summed E-state index contributed by atoms with van der Waals surface area (Å²) in [5, 5.41) is 10.9. The van der Waals surface area contributed by atoms with Crippen LogP contribution in [0.4, 0.5) is 5.69 Å². The number of alkyl halides is 1. The van der Waals surface area contributed by atoms with Crippen LogP contribution in [-0.2, 0) is 6.42 Å². The van der Waals surface area contributed by atoms with Crippen molar-refractivity contribution in [3.8, 4) is 5.75 Å². The summed E-state index contributed by atoms with van der Waals surface area (Å²) in [5.41, 5.74) is 0.968. The Labute approximate surface area is 118 Å². The van der Waals surface area contributed by atoms with E-state index in [4.69, 9.17) is 16.3 Å². The maximum absolute atomic E-state index is 10.9. The molecule has 1 rings (SSSR count). The molecule has 106 valence electrons. The van der Waals surface area contributed by atoms with Gasteiger partial charge in [0.25, 0.3) is 0 Å². The van der Waals surface area contributed by atoms with Gasteiger partial charge in [-0.2, -0.15) is 0 Å². The molecule has 1 atom stereocenters. The Kier molecular flexibility index (Phi) is 6.09. The molecule has 1 aromatic rings. The average molecular weight is 286 g/mol. The molecule has 0 heterocycles. The van der Waals surface area contributed by atoms with Crippen LogP contribution in [0.3, 0.4) is 0 Å². The minimum absolute atomic E-state index is 0.000539. The zero-order valence-electron chi connectivity index (χ0n) is 11.6. The van der Waals surface area contributed by atoms with Crippen LogP contribution in [0.2, 0.25) is 0 Å². The van der Waals surface area contributed by atoms with E-state index in [1.54, 1.807) is 19.1 Å². The maximum Gasteiger partial charge on any atom is 0.310 e. The number of nitro benzene ring substituents is 1. The molecule has 0 radical (unpaired) electrons. The van der Waals surface area contributed by atoms with Crippen LogP contribution in [0.15, 0.2) is 18.2 Å². The summed E-state index contributed by atoms with van der Waals surface area (Å²) in [6.07, 6.45) is 1.61. The highest BCUT2D eigenvalue weighted by molar-refractivity contribution is 6.20. The number of benzene rings is 1. The summed E-state index contributed by atoms with van der Waals surface area (Å²) in [5.74, 6) is 0.852. The van der Waals surface area contributed by atoms with Gasteiger partial charge in [-0.1, -0.05) is 19.9 Å². The standard InChI is InChI=1S/C14H20ClNO3/c1-4-19-14-9-11(5-6-13(14)16(17)18)8-12(15)7-10(2)3/h5-6,9-10,12H,4,7-8H2,1-3H3. The number of rotatable bonds is 7. The largest absolute Gasteiger partial charge is 0.487 e. The molecule has 0 fully saturated rings. The van der Waals surface area contributed by atoms with Crippen LogP contribution in [0.25, 0.3) is 0 Å². The molecule has 1 unspecified atom stereocenters. The molecule has 0 aliphatic heterocycles. The van der Waals surface area contributed by atoms with Crippen molar-refractivity contribution in [1.82, 2.24) is 0 Å². The fourth-order valence-electron chi connectivity index (χ4n) is 1.96. The molecule has 0 aliphatic carbocycles. The van der Waals surface area contributed by atoms with E-state index < -0.39 is 4.92 Å². The fourth-order valence-corrected chi connectivity index (χ4v) is 2.49. The first kappa shape index (κ1) is 15.8. The van der Waals surface area contributed by atoms with Gasteiger partial charge in [0.1, 0.15) is 0 Å². The van der Waals surface area contributed by atoms with Gasteiger partial charge < -0.3 is 4.74 Å². The van der Waals surface area contributed by atoms with E-state index in [-0.39, 0.29) is 11.1 Å². The third kappa shape index (κ3) is 5.07. The molecule has 0 aromatic heterocycles. The van der Waals surface area contributed by atoms with Crippen LogP contribution in [0.5, 0.6) is 5.75 Å². The maximum atomic E-state index is 10.9. The van der Waals surface area contributed by atoms with Crippen molar-refractivity contribution >= 4 is 17.3 Å². The van der Waals surface area contributed by atoms with Crippen LogP contribution >= 0.6 is 11.6 Å². The average Bonchev–Trinajstić information content (AvgIpc) is 2.27. The molecule has 0 saturated heterocycles. The summed E-state index contributed by atoms with van der Waals surface area (Å²) in [6.45, 7) is 6.45. The SMILES string of the molecule is CCOc1cc(CC(Cl)CC(C)C)ccc1[N+](=O)[O-]. The minimum Gasteiger partial charge on any atom is -0.487 e. The van der Waals surface area contributed by atoms with Gasteiger partial charge in [-0.3, -0.25) is 10.1 Å². The normalized spacial score (nSPS) is 12.5. The first-order valence-electron chi connectivity index (χ1n) is 6.48. The predicted octanol–water partition coefficient (Wildman–Crippen LogP) is 4.19. The molecule has 4 nitrogen and oxygen atoms in total. The van der Waals surface area contributed by atoms with Crippen molar-refractivity contribution < 1.29 is 9.66 Å². The predicted molar refractivity (Wildman–Crippen MR) is 77.1 cm³/mol. The lowest BCUT2D eigenvalue weighted by atomic mass is 10.0. The van der Waals surface area contributed by atoms with Crippen molar-refractivity contribution in [3.05, 3.63) is 33.9 Å².